The predicted octanol–water partition coefficient (Wildman–Crippen LogP) is -0.0422. The van der Waals surface area contributed by atoms with E-state index in [1.54, 1.807) is 0 Å². The lowest BCUT2D eigenvalue weighted by molar-refractivity contribution is -0.136. The molecule has 0 radical (unpaired) electrons. The minimum atomic E-state index is -0.592. The summed E-state index contributed by atoms with van der Waals surface area (Å²) >= 11 is 0. The topological polar surface area (TPSA) is 87.3 Å². The standard InChI is InChI=1S/C9H11N3O3/c1-14-8(13)7(10)3-6-4-11-9(15-2)12-5-6/h3-5H,10H2,1-2H3. The van der Waals surface area contributed by atoms with Crippen molar-refractivity contribution in [3.63, 3.8) is 0 Å². The first kappa shape index (κ1) is 11.0. The van der Waals surface area contributed by atoms with Crippen LogP contribution in [-0.2, 0) is 9.53 Å². The molecule has 80 valence electrons. The van der Waals surface area contributed by atoms with E-state index in [0.717, 1.165) is 0 Å². The number of ether oxygens (including phenoxy) is 2. The molecule has 1 rings (SSSR count). The fourth-order valence-electron chi connectivity index (χ4n) is 0.862. The summed E-state index contributed by atoms with van der Waals surface area (Å²) in [4.78, 5) is 18.7. The van der Waals surface area contributed by atoms with Gasteiger partial charge in [-0.1, -0.05) is 0 Å². The highest BCUT2D eigenvalue weighted by Gasteiger charge is 2.04. The van der Waals surface area contributed by atoms with Crippen LogP contribution in [0.25, 0.3) is 6.08 Å². The van der Waals surface area contributed by atoms with Gasteiger partial charge in [-0.15, -0.1) is 0 Å². The Morgan fingerprint density at radius 2 is 2.00 bits per heavy atom. The normalized spacial score (nSPS) is 10.9. The first-order valence-electron chi connectivity index (χ1n) is 4.09. The number of esters is 1. The molecular formula is C9H11N3O3. The maximum atomic E-state index is 11.0. The monoisotopic (exact) mass is 209 g/mol. The van der Waals surface area contributed by atoms with Gasteiger partial charge in [0.2, 0.25) is 0 Å². The van der Waals surface area contributed by atoms with Crippen molar-refractivity contribution >= 4 is 12.0 Å². The molecule has 0 bridgehead atoms. The molecule has 0 atom stereocenters. The number of nitrogens with two attached hydrogens (primary N) is 1. The lowest BCUT2D eigenvalue weighted by Gasteiger charge is -1.99. The average Bonchev–Trinajstić information content (AvgIpc) is 2.29. The van der Waals surface area contributed by atoms with Gasteiger partial charge in [0.1, 0.15) is 5.70 Å². The molecule has 0 saturated carbocycles. The quantitative estimate of drug-likeness (QED) is 0.555. The van der Waals surface area contributed by atoms with Crippen LogP contribution in [-0.4, -0.2) is 30.2 Å². The van der Waals surface area contributed by atoms with Gasteiger partial charge in [0.15, 0.2) is 0 Å². The second kappa shape index (κ2) is 4.94. The number of carbonyl (C=O) groups excluding carboxylic acids is 1. The Morgan fingerprint density at radius 1 is 1.40 bits per heavy atom. The molecule has 0 fully saturated rings. The van der Waals surface area contributed by atoms with Crippen molar-refractivity contribution < 1.29 is 14.3 Å². The Bertz CT molecular complexity index is 373. The second-order valence-corrected chi connectivity index (χ2v) is 2.59. The summed E-state index contributed by atoms with van der Waals surface area (Å²) < 4.78 is 9.21. The lowest BCUT2D eigenvalue weighted by atomic mass is 10.3. The van der Waals surface area contributed by atoms with Crippen molar-refractivity contribution in [1.29, 1.82) is 0 Å². The Hall–Kier alpha value is -2.11. The first-order chi connectivity index (χ1) is 7.17. The molecule has 0 amide bonds. The van der Waals surface area contributed by atoms with Crippen LogP contribution >= 0.6 is 0 Å². The molecule has 0 aromatic carbocycles. The Labute approximate surface area is 86.7 Å². The first-order valence-corrected chi connectivity index (χ1v) is 4.09. The maximum Gasteiger partial charge on any atom is 0.353 e. The summed E-state index contributed by atoms with van der Waals surface area (Å²) in [6, 6.07) is 0.254. The van der Waals surface area contributed by atoms with E-state index in [-0.39, 0.29) is 11.7 Å². The van der Waals surface area contributed by atoms with Crippen LogP contribution in [0.2, 0.25) is 0 Å². The molecule has 0 aliphatic rings. The molecule has 1 aromatic heterocycles. The fourth-order valence-corrected chi connectivity index (χ4v) is 0.862. The van der Waals surface area contributed by atoms with E-state index in [1.165, 1.54) is 32.7 Å². The molecule has 6 nitrogen and oxygen atoms in total. The smallest absolute Gasteiger partial charge is 0.353 e. The molecule has 0 aliphatic carbocycles. The molecular weight excluding hydrogens is 198 g/mol. The van der Waals surface area contributed by atoms with Crippen LogP contribution in [0.1, 0.15) is 5.56 Å². The second-order valence-electron chi connectivity index (χ2n) is 2.59. The summed E-state index contributed by atoms with van der Waals surface area (Å²) in [5.74, 6) is -0.592. The highest BCUT2D eigenvalue weighted by molar-refractivity contribution is 5.92. The zero-order valence-corrected chi connectivity index (χ0v) is 8.43. The van der Waals surface area contributed by atoms with E-state index < -0.39 is 5.97 Å². The lowest BCUT2D eigenvalue weighted by Crippen LogP contribution is -2.12. The minimum absolute atomic E-state index is 0.00809. The summed E-state index contributed by atoms with van der Waals surface area (Å²) in [6.45, 7) is 0. The van der Waals surface area contributed by atoms with E-state index in [4.69, 9.17) is 10.5 Å². The van der Waals surface area contributed by atoms with Gasteiger partial charge in [-0.05, 0) is 6.08 Å². The Morgan fingerprint density at radius 3 is 2.47 bits per heavy atom. The van der Waals surface area contributed by atoms with Gasteiger partial charge in [-0.2, -0.15) is 0 Å². The minimum Gasteiger partial charge on any atom is -0.467 e. The van der Waals surface area contributed by atoms with E-state index in [9.17, 15) is 4.79 Å². The average molecular weight is 209 g/mol. The molecule has 0 saturated heterocycles. The molecule has 0 aliphatic heterocycles. The summed E-state index contributed by atoms with van der Waals surface area (Å²) in [7, 11) is 2.72. The highest BCUT2D eigenvalue weighted by Crippen LogP contribution is 2.05. The van der Waals surface area contributed by atoms with Crippen molar-refractivity contribution in [3.05, 3.63) is 23.7 Å². The number of hydrogen-bond donors (Lipinski definition) is 1. The molecule has 1 aromatic rings. The number of methoxy groups -OCH3 is 2. The third-order valence-electron chi connectivity index (χ3n) is 1.57. The van der Waals surface area contributed by atoms with E-state index >= 15 is 0 Å². The SMILES string of the molecule is COC(=O)C(N)=Cc1cnc(OC)nc1. The van der Waals surface area contributed by atoms with Crippen molar-refractivity contribution in [3.8, 4) is 6.01 Å². The number of aromatic nitrogens is 2. The molecule has 15 heavy (non-hydrogen) atoms. The molecule has 6 heteroatoms. The maximum absolute atomic E-state index is 11.0. The zero-order valence-electron chi connectivity index (χ0n) is 8.43. The highest BCUT2D eigenvalue weighted by atomic mass is 16.5. The zero-order chi connectivity index (χ0) is 11.3. The summed E-state index contributed by atoms with van der Waals surface area (Å²) in [6.07, 6.45) is 4.40. The van der Waals surface area contributed by atoms with Gasteiger partial charge in [-0.25, -0.2) is 14.8 Å². The van der Waals surface area contributed by atoms with Crippen LogP contribution in [0.4, 0.5) is 0 Å². The van der Waals surface area contributed by atoms with Gasteiger partial charge >= 0.3 is 12.0 Å². The third kappa shape index (κ3) is 2.94. The van der Waals surface area contributed by atoms with Crippen LogP contribution in [0.15, 0.2) is 18.1 Å². The van der Waals surface area contributed by atoms with E-state index in [0.29, 0.717) is 5.56 Å². The van der Waals surface area contributed by atoms with Crippen molar-refractivity contribution in [2.24, 2.45) is 5.73 Å². The third-order valence-corrected chi connectivity index (χ3v) is 1.57. The van der Waals surface area contributed by atoms with Gasteiger partial charge in [-0.3, -0.25) is 0 Å². The van der Waals surface area contributed by atoms with Crippen LogP contribution < -0.4 is 10.5 Å². The van der Waals surface area contributed by atoms with Gasteiger partial charge < -0.3 is 15.2 Å². The van der Waals surface area contributed by atoms with E-state index in [1.807, 2.05) is 0 Å². The van der Waals surface area contributed by atoms with Gasteiger partial charge in [0, 0.05) is 18.0 Å². The molecule has 0 unspecified atom stereocenters. The van der Waals surface area contributed by atoms with Crippen molar-refractivity contribution in [1.82, 2.24) is 9.97 Å². The number of carbonyl (C=O) groups is 1. The molecule has 2 N–H and O–H groups in total. The Kier molecular flexibility index (Phi) is 3.61. The fraction of sp³-hybridized carbons (Fsp3) is 0.222. The number of rotatable bonds is 3. The van der Waals surface area contributed by atoms with Crippen molar-refractivity contribution in [2.45, 2.75) is 0 Å². The predicted molar refractivity (Wildman–Crippen MR) is 52.8 cm³/mol. The summed E-state index contributed by atoms with van der Waals surface area (Å²) in [5.41, 5.74) is 6.02. The van der Waals surface area contributed by atoms with E-state index in [2.05, 4.69) is 14.7 Å². The molecule has 1 heterocycles. The van der Waals surface area contributed by atoms with Crippen molar-refractivity contribution in [2.75, 3.05) is 14.2 Å². The van der Waals surface area contributed by atoms with Gasteiger partial charge in [0.25, 0.3) is 0 Å². The largest absolute Gasteiger partial charge is 0.467 e. The Balaban J connectivity index is 2.84. The number of hydrogen-bond acceptors (Lipinski definition) is 6. The van der Waals surface area contributed by atoms with Crippen LogP contribution in [0.3, 0.4) is 0 Å². The van der Waals surface area contributed by atoms with Crippen LogP contribution in [0.5, 0.6) is 6.01 Å². The summed E-state index contributed by atoms with van der Waals surface area (Å²) in [5, 5.41) is 0. The number of nitrogens with zero attached hydrogens (tertiary/aromatic N) is 2. The van der Waals surface area contributed by atoms with Gasteiger partial charge in [0.05, 0.1) is 14.2 Å². The molecule has 0 spiro atoms. The van der Waals surface area contributed by atoms with Crippen LogP contribution in [0, 0.1) is 0 Å².